The number of ether oxygens (including phenoxy) is 6. The molecule has 2 aromatic rings. The number of aromatic carboxylic acids is 4. The van der Waals surface area contributed by atoms with Crippen molar-refractivity contribution < 1.29 is 96.8 Å². The van der Waals surface area contributed by atoms with Gasteiger partial charge in [0.2, 0.25) is 0 Å². The zero-order chi connectivity index (χ0) is 45.6. The average Bonchev–Trinajstić information content (AvgIpc) is 3.17. The molecule has 0 saturated heterocycles. The van der Waals surface area contributed by atoms with Crippen LogP contribution in [0.4, 0.5) is 0 Å². The second kappa shape index (κ2) is 21.2. The Bertz CT molecular complexity index is 2140. The fourth-order valence-corrected chi connectivity index (χ4v) is 4.64. The Morgan fingerprint density at radius 3 is 1.20 bits per heavy atom. The van der Waals surface area contributed by atoms with Crippen molar-refractivity contribution in [3.05, 3.63) is 106 Å². The lowest BCUT2D eigenvalue weighted by Gasteiger charge is -2.25. The number of carboxylic acids is 4. The van der Waals surface area contributed by atoms with Crippen LogP contribution in [0.25, 0.3) is 0 Å². The zero-order valence-electron chi connectivity index (χ0n) is 32.6. The Labute approximate surface area is 340 Å². The summed E-state index contributed by atoms with van der Waals surface area (Å²) in [7, 11) is 0. The van der Waals surface area contributed by atoms with Gasteiger partial charge in [0, 0.05) is 16.7 Å². The van der Waals surface area contributed by atoms with Gasteiger partial charge in [-0.3, -0.25) is 4.79 Å². The molecular weight excluding hydrogens is 800 g/mol. The van der Waals surface area contributed by atoms with E-state index in [4.69, 9.17) is 28.4 Å². The Kier molecular flexibility index (Phi) is 17.2. The topological polar surface area (TPSA) is 307 Å². The standard InChI is InChI=1S/C40H40O20/c1-19(2)34(49)55-15-24(59-37(52)22-8-10-26(30(41)42)28(12-22)32(45)46)17-57-36(51)21(5)14-40(6,7)39(54)58-18-25(16-56-35(50)20(3)4)60-38(53)23-9-11-27(31(43)44)29(13-23)33(47)48/h8-13,24-25H,1,3,5,14-18H2,2,4,6-7H3,(H,41,42)(H,43,44)(H,45,46)(H,47,48). The summed E-state index contributed by atoms with van der Waals surface area (Å²) in [5.74, 6) is -12.8. The van der Waals surface area contributed by atoms with Crippen LogP contribution in [0, 0.1) is 5.41 Å². The highest BCUT2D eigenvalue weighted by Crippen LogP contribution is 2.27. The molecule has 20 nitrogen and oxygen atoms in total. The van der Waals surface area contributed by atoms with Crippen molar-refractivity contribution in [1.82, 2.24) is 0 Å². The zero-order valence-corrected chi connectivity index (χ0v) is 32.6. The summed E-state index contributed by atoms with van der Waals surface area (Å²) in [6.07, 6.45) is -3.42. The highest BCUT2D eigenvalue weighted by molar-refractivity contribution is 6.05. The molecule has 0 aliphatic heterocycles. The molecular formula is C40H40O20. The summed E-state index contributed by atoms with van der Waals surface area (Å²) < 4.78 is 31.1. The van der Waals surface area contributed by atoms with Crippen LogP contribution >= 0.6 is 0 Å². The van der Waals surface area contributed by atoms with E-state index in [9.17, 15) is 68.4 Å². The van der Waals surface area contributed by atoms with Crippen molar-refractivity contribution in [2.24, 2.45) is 5.41 Å². The summed E-state index contributed by atoms with van der Waals surface area (Å²) in [5, 5.41) is 37.3. The van der Waals surface area contributed by atoms with Crippen LogP contribution in [0.5, 0.6) is 0 Å². The fourth-order valence-electron chi connectivity index (χ4n) is 4.64. The predicted octanol–water partition coefficient (Wildman–Crippen LogP) is 3.53. The van der Waals surface area contributed by atoms with Crippen LogP contribution in [0.2, 0.25) is 0 Å². The third-order valence-electron chi connectivity index (χ3n) is 7.77. The molecule has 2 aromatic carbocycles. The van der Waals surface area contributed by atoms with Gasteiger partial charge in [-0.1, -0.05) is 19.7 Å². The number of carbonyl (C=O) groups is 10. The molecule has 0 saturated carbocycles. The lowest BCUT2D eigenvalue weighted by Crippen LogP contribution is -2.35. The van der Waals surface area contributed by atoms with E-state index in [1.54, 1.807) is 0 Å². The smallest absolute Gasteiger partial charge is 0.338 e. The van der Waals surface area contributed by atoms with Crippen LogP contribution < -0.4 is 0 Å². The maximum absolute atomic E-state index is 13.2. The molecule has 2 rings (SSSR count). The summed E-state index contributed by atoms with van der Waals surface area (Å²) in [6, 6.07) is 5.19. The molecule has 0 radical (unpaired) electrons. The van der Waals surface area contributed by atoms with Crippen molar-refractivity contribution in [3.63, 3.8) is 0 Å². The predicted molar refractivity (Wildman–Crippen MR) is 200 cm³/mol. The van der Waals surface area contributed by atoms with Gasteiger partial charge in [-0.25, -0.2) is 43.2 Å². The minimum atomic E-state index is -1.65. The van der Waals surface area contributed by atoms with Crippen LogP contribution in [-0.4, -0.2) is 119 Å². The molecule has 0 amide bonds. The molecule has 4 N–H and O–H groups in total. The summed E-state index contributed by atoms with van der Waals surface area (Å²) >= 11 is 0. The monoisotopic (exact) mass is 840 g/mol. The van der Waals surface area contributed by atoms with Gasteiger partial charge in [0.1, 0.15) is 26.4 Å². The van der Waals surface area contributed by atoms with Gasteiger partial charge in [0.15, 0.2) is 12.2 Å². The molecule has 20 heteroatoms. The first-order valence-electron chi connectivity index (χ1n) is 17.2. The molecule has 2 atom stereocenters. The first-order valence-corrected chi connectivity index (χ1v) is 17.2. The average molecular weight is 841 g/mol. The molecule has 0 fully saturated rings. The summed E-state index contributed by atoms with van der Waals surface area (Å²) in [6.45, 7) is 12.9. The van der Waals surface area contributed by atoms with Crippen LogP contribution in [0.15, 0.2) is 72.9 Å². The lowest BCUT2D eigenvalue weighted by atomic mass is 9.86. The third-order valence-corrected chi connectivity index (χ3v) is 7.77. The molecule has 2 unspecified atom stereocenters. The largest absolute Gasteiger partial charge is 0.478 e. The first-order chi connectivity index (χ1) is 27.9. The summed E-state index contributed by atoms with van der Waals surface area (Å²) in [4.78, 5) is 122. The third kappa shape index (κ3) is 14.1. The molecule has 0 aliphatic carbocycles. The molecule has 0 heterocycles. The molecule has 0 bridgehead atoms. The number of carboxylic acid groups (broad SMARTS) is 4. The normalized spacial score (nSPS) is 11.7. The van der Waals surface area contributed by atoms with E-state index in [0.29, 0.717) is 0 Å². The van der Waals surface area contributed by atoms with Gasteiger partial charge >= 0.3 is 59.7 Å². The van der Waals surface area contributed by atoms with E-state index in [1.807, 2.05) is 0 Å². The second-order valence-corrected chi connectivity index (χ2v) is 13.4. The Morgan fingerprint density at radius 2 is 0.867 bits per heavy atom. The van der Waals surface area contributed by atoms with Gasteiger partial charge in [-0.15, -0.1) is 0 Å². The van der Waals surface area contributed by atoms with Crippen LogP contribution in [0.3, 0.4) is 0 Å². The quantitative estimate of drug-likeness (QED) is 0.0748. The van der Waals surface area contributed by atoms with Crippen molar-refractivity contribution in [3.8, 4) is 0 Å². The number of esters is 6. The van der Waals surface area contributed by atoms with Crippen molar-refractivity contribution in [2.45, 2.75) is 46.3 Å². The second-order valence-electron chi connectivity index (χ2n) is 13.4. The SMILES string of the molecule is C=C(C)C(=O)OCC(COC(=O)C(=C)CC(C)(C)C(=O)OCC(COC(=O)C(=C)C)OC(=O)c1ccc(C(=O)O)c(C(=O)O)c1)OC(=O)c1ccc(C(=O)O)c(C(=O)O)c1. The molecule has 0 aliphatic rings. The van der Waals surface area contributed by atoms with E-state index >= 15 is 0 Å². The minimum absolute atomic E-state index is 0.0297. The molecule has 60 heavy (non-hydrogen) atoms. The molecule has 320 valence electrons. The minimum Gasteiger partial charge on any atom is -0.478 e. The van der Waals surface area contributed by atoms with Gasteiger partial charge in [0.05, 0.1) is 38.8 Å². The maximum Gasteiger partial charge on any atom is 0.338 e. The van der Waals surface area contributed by atoms with Crippen molar-refractivity contribution in [1.29, 1.82) is 0 Å². The van der Waals surface area contributed by atoms with E-state index in [1.165, 1.54) is 27.7 Å². The van der Waals surface area contributed by atoms with Gasteiger partial charge in [0.25, 0.3) is 0 Å². The summed E-state index contributed by atoms with van der Waals surface area (Å²) in [5.41, 5.74) is -5.40. The van der Waals surface area contributed by atoms with E-state index < -0.39 is 144 Å². The van der Waals surface area contributed by atoms with E-state index in [-0.39, 0.29) is 16.7 Å². The van der Waals surface area contributed by atoms with Crippen LogP contribution in [-0.2, 0) is 47.6 Å². The molecule has 0 aromatic heterocycles. The van der Waals surface area contributed by atoms with E-state index in [0.717, 1.165) is 36.4 Å². The van der Waals surface area contributed by atoms with E-state index in [2.05, 4.69) is 19.7 Å². The van der Waals surface area contributed by atoms with Crippen molar-refractivity contribution >= 4 is 59.7 Å². The number of hydrogen-bond donors (Lipinski definition) is 4. The number of benzene rings is 2. The molecule has 0 spiro atoms. The maximum atomic E-state index is 13.2. The number of rotatable bonds is 22. The first kappa shape index (κ1) is 48.5. The van der Waals surface area contributed by atoms with Gasteiger partial charge in [-0.05, 0) is 70.5 Å². The van der Waals surface area contributed by atoms with Crippen LogP contribution in [0.1, 0.15) is 96.3 Å². The van der Waals surface area contributed by atoms with Gasteiger partial charge < -0.3 is 48.8 Å². The highest BCUT2D eigenvalue weighted by atomic mass is 16.6. The number of hydrogen-bond acceptors (Lipinski definition) is 16. The Balaban J connectivity index is 2.17. The lowest BCUT2D eigenvalue weighted by molar-refractivity contribution is -0.159. The van der Waals surface area contributed by atoms with Crippen molar-refractivity contribution in [2.75, 3.05) is 26.4 Å². The highest BCUT2D eigenvalue weighted by Gasteiger charge is 2.34. The Morgan fingerprint density at radius 1 is 0.533 bits per heavy atom. The number of carbonyl (C=O) groups excluding carboxylic acids is 6. The fraction of sp³-hybridized carbons (Fsp3) is 0.300. The Hall–Kier alpha value is -7.64. The van der Waals surface area contributed by atoms with Gasteiger partial charge in [-0.2, -0.15) is 0 Å².